The molecule has 1 rings (SSSR count). The van der Waals surface area contributed by atoms with Gasteiger partial charge >= 0.3 is 0 Å². The van der Waals surface area contributed by atoms with E-state index in [1.807, 2.05) is 12.1 Å². The van der Waals surface area contributed by atoms with E-state index in [0.29, 0.717) is 11.8 Å². The van der Waals surface area contributed by atoms with Crippen LogP contribution in [0.25, 0.3) is 0 Å². The molecule has 0 fully saturated rings. The van der Waals surface area contributed by atoms with Gasteiger partial charge in [0.25, 0.3) is 0 Å². The smallest absolute Gasteiger partial charge is 0.0449 e. The molecule has 1 aromatic rings. The Balaban J connectivity index is 2.70. The molecule has 0 aliphatic heterocycles. The fraction of sp³-hybridized carbons (Fsp3) is 0.538. The lowest BCUT2D eigenvalue weighted by Crippen LogP contribution is -2.19. The SMILES string of the molecule is CC(C)CC(CN)Cc1ccc(Br)cc1Cl. The number of hydrogen-bond donors (Lipinski definition) is 1. The molecule has 3 heteroatoms. The first kappa shape index (κ1) is 14.0. The maximum Gasteiger partial charge on any atom is 0.0449 e. The van der Waals surface area contributed by atoms with Gasteiger partial charge in [0.2, 0.25) is 0 Å². The van der Waals surface area contributed by atoms with Crippen molar-refractivity contribution in [3.05, 3.63) is 33.3 Å². The van der Waals surface area contributed by atoms with Crippen molar-refractivity contribution < 1.29 is 0 Å². The first-order valence-electron chi connectivity index (χ1n) is 5.67. The fourth-order valence-electron chi connectivity index (χ4n) is 1.93. The molecule has 16 heavy (non-hydrogen) atoms. The van der Waals surface area contributed by atoms with Gasteiger partial charge in [0, 0.05) is 9.50 Å². The normalized spacial score (nSPS) is 13.1. The molecule has 0 bridgehead atoms. The molecular formula is C13H19BrClN. The van der Waals surface area contributed by atoms with Gasteiger partial charge in [-0.1, -0.05) is 47.4 Å². The van der Waals surface area contributed by atoms with Crippen molar-refractivity contribution in [2.45, 2.75) is 26.7 Å². The van der Waals surface area contributed by atoms with Crippen molar-refractivity contribution >= 4 is 27.5 Å². The number of benzene rings is 1. The molecule has 0 aliphatic rings. The topological polar surface area (TPSA) is 26.0 Å². The Morgan fingerprint density at radius 2 is 2.06 bits per heavy atom. The summed E-state index contributed by atoms with van der Waals surface area (Å²) in [6.07, 6.45) is 2.13. The minimum Gasteiger partial charge on any atom is -0.330 e. The van der Waals surface area contributed by atoms with Crippen LogP contribution in [0.1, 0.15) is 25.8 Å². The number of halogens is 2. The van der Waals surface area contributed by atoms with Crippen molar-refractivity contribution in [3.8, 4) is 0 Å². The Labute approximate surface area is 111 Å². The van der Waals surface area contributed by atoms with E-state index in [1.165, 1.54) is 5.56 Å². The third kappa shape index (κ3) is 4.44. The van der Waals surface area contributed by atoms with Gasteiger partial charge in [-0.2, -0.15) is 0 Å². The lowest BCUT2D eigenvalue weighted by molar-refractivity contribution is 0.415. The molecule has 0 heterocycles. The van der Waals surface area contributed by atoms with Crippen LogP contribution in [0.15, 0.2) is 22.7 Å². The van der Waals surface area contributed by atoms with Crippen LogP contribution in [-0.4, -0.2) is 6.54 Å². The molecule has 90 valence electrons. The van der Waals surface area contributed by atoms with Gasteiger partial charge in [-0.15, -0.1) is 0 Å². The van der Waals surface area contributed by atoms with E-state index >= 15 is 0 Å². The van der Waals surface area contributed by atoms with Crippen molar-refractivity contribution in [2.75, 3.05) is 6.54 Å². The fourth-order valence-corrected chi connectivity index (χ4v) is 2.68. The van der Waals surface area contributed by atoms with Crippen LogP contribution in [-0.2, 0) is 6.42 Å². The summed E-state index contributed by atoms with van der Waals surface area (Å²) in [4.78, 5) is 0. The first-order valence-corrected chi connectivity index (χ1v) is 6.84. The van der Waals surface area contributed by atoms with E-state index in [2.05, 4.69) is 35.8 Å². The van der Waals surface area contributed by atoms with Crippen molar-refractivity contribution in [3.63, 3.8) is 0 Å². The number of hydrogen-bond acceptors (Lipinski definition) is 1. The standard InChI is InChI=1S/C13H19BrClN/c1-9(2)5-10(8-16)6-11-3-4-12(14)7-13(11)15/h3-4,7,9-10H,5-6,8,16H2,1-2H3. The summed E-state index contributed by atoms with van der Waals surface area (Å²) in [5.41, 5.74) is 6.99. The highest BCUT2D eigenvalue weighted by molar-refractivity contribution is 9.10. The second-order valence-electron chi connectivity index (χ2n) is 4.67. The largest absolute Gasteiger partial charge is 0.330 e. The van der Waals surface area contributed by atoms with Crippen LogP contribution < -0.4 is 5.73 Å². The molecule has 1 nitrogen and oxygen atoms in total. The number of rotatable bonds is 5. The van der Waals surface area contributed by atoms with E-state index in [-0.39, 0.29) is 0 Å². The third-order valence-corrected chi connectivity index (χ3v) is 3.51. The van der Waals surface area contributed by atoms with Crippen molar-refractivity contribution in [2.24, 2.45) is 17.6 Å². The van der Waals surface area contributed by atoms with Gasteiger partial charge in [-0.05, 0) is 48.9 Å². The molecule has 1 aromatic carbocycles. The zero-order chi connectivity index (χ0) is 12.1. The highest BCUT2D eigenvalue weighted by atomic mass is 79.9. The van der Waals surface area contributed by atoms with Gasteiger partial charge < -0.3 is 5.73 Å². The molecule has 2 N–H and O–H groups in total. The summed E-state index contributed by atoms with van der Waals surface area (Å²) < 4.78 is 1.02. The van der Waals surface area contributed by atoms with E-state index in [0.717, 1.165) is 28.9 Å². The van der Waals surface area contributed by atoms with Gasteiger partial charge in [-0.25, -0.2) is 0 Å². The van der Waals surface area contributed by atoms with E-state index < -0.39 is 0 Å². The van der Waals surface area contributed by atoms with Crippen LogP contribution in [0.2, 0.25) is 5.02 Å². The van der Waals surface area contributed by atoms with Crippen LogP contribution in [0.5, 0.6) is 0 Å². The maximum atomic E-state index is 6.20. The Hall–Kier alpha value is -0.0500. The Morgan fingerprint density at radius 3 is 2.56 bits per heavy atom. The summed E-state index contributed by atoms with van der Waals surface area (Å²) in [7, 11) is 0. The minimum atomic E-state index is 0.527. The molecule has 0 aliphatic carbocycles. The maximum absolute atomic E-state index is 6.20. The van der Waals surface area contributed by atoms with Gasteiger partial charge in [0.15, 0.2) is 0 Å². The zero-order valence-electron chi connectivity index (χ0n) is 9.84. The van der Waals surface area contributed by atoms with E-state index in [9.17, 15) is 0 Å². The van der Waals surface area contributed by atoms with Crippen molar-refractivity contribution in [1.29, 1.82) is 0 Å². The summed E-state index contributed by atoms with van der Waals surface area (Å²) >= 11 is 9.61. The number of nitrogens with two attached hydrogens (primary N) is 1. The molecule has 1 unspecified atom stereocenters. The molecule has 0 saturated heterocycles. The molecule has 1 atom stereocenters. The molecule has 0 aromatic heterocycles. The van der Waals surface area contributed by atoms with E-state index in [4.69, 9.17) is 17.3 Å². The van der Waals surface area contributed by atoms with Crippen LogP contribution >= 0.6 is 27.5 Å². The predicted octanol–water partition coefficient (Wildman–Crippen LogP) is 4.27. The van der Waals surface area contributed by atoms with E-state index in [1.54, 1.807) is 0 Å². The van der Waals surface area contributed by atoms with Crippen LogP contribution in [0, 0.1) is 11.8 Å². The lowest BCUT2D eigenvalue weighted by atomic mass is 9.91. The monoisotopic (exact) mass is 303 g/mol. The Morgan fingerprint density at radius 1 is 1.38 bits per heavy atom. The lowest BCUT2D eigenvalue weighted by Gasteiger charge is -2.17. The Kier molecular flexibility index (Phi) is 5.81. The highest BCUT2D eigenvalue weighted by Crippen LogP contribution is 2.25. The molecule has 0 radical (unpaired) electrons. The average molecular weight is 305 g/mol. The molecule has 0 saturated carbocycles. The molecule has 0 amide bonds. The second-order valence-corrected chi connectivity index (χ2v) is 5.99. The summed E-state index contributed by atoms with van der Waals surface area (Å²) in [5, 5.41) is 0.830. The Bertz CT molecular complexity index is 339. The quantitative estimate of drug-likeness (QED) is 0.864. The summed E-state index contributed by atoms with van der Waals surface area (Å²) in [5.74, 6) is 1.21. The van der Waals surface area contributed by atoms with Crippen LogP contribution in [0.3, 0.4) is 0 Å². The summed E-state index contributed by atoms with van der Waals surface area (Å²) in [6.45, 7) is 5.18. The van der Waals surface area contributed by atoms with Crippen LogP contribution in [0.4, 0.5) is 0 Å². The van der Waals surface area contributed by atoms with Gasteiger partial charge in [0.1, 0.15) is 0 Å². The van der Waals surface area contributed by atoms with Gasteiger partial charge in [0.05, 0.1) is 0 Å². The molecule has 0 spiro atoms. The highest BCUT2D eigenvalue weighted by Gasteiger charge is 2.12. The second kappa shape index (κ2) is 6.63. The minimum absolute atomic E-state index is 0.527. The average Bonchev–Trinajstić information content (AvgIpc) is 2.20. The van der Waals surface area contributed by atoms with Crippen molar-refractivity contribution in [1.82, 2.24) is 0 Å². The first-order chi connectivity index (χ1) is 7.52. The third-order valence-electron chi connectivity index (χ3n) is 2.66. The predicted molar refractivity (Wildman–Crippen MR) is 74.9 cm³/mol. The summed E-state index contributed by atoms with van der Waals surface area (Å²) in [6, 6.07) is 6.05. The van der Waals surface area contributed by atoms with Gasteiger partial charge in [-0.3, -0.25) is 0 Å². The molecular weight excluding hydrogens is 286 g/mol. The zero-order valence-corrected chi connectivity index (χ0v) is 12.2.